The lowest BCUT2D eigenvalue weighted by Gasteiger charge is -2.34. The van der Waals surface area contributed by atoms with Gasteiger partial charge in [0.05, 0.1) is 31.6 Å². The van der Waals surface area contributed by atoms with Crippen LogP contribution >= 0.6 is 11.3 Å². The minimum atomic E-state index is -4.11. The van der Waals surface area contributed by atoms with Gasteiger partial charge in [0.25, 0.3) is 10.0 Å². The van der Waals surface area contributed by atoms with Gasteiger partial charge in [-0.15, -0.1) is 11.3 Å². The number of sulfonamides is 1. The van der Waals surface area contributed by atoms with E-state index in [4.69, 9.17) is 18.9 Å². The Morgan fingerprint density at radius 2 is 1.54 bits per heavy atom. The van der Waals surface area contributed by atoms with Gasteiger partial charge in [0.15, 0.2) is 10.2 Å². The normalized spacial score (nSPS) is 18.1. The average Bonchev–Trinajstić information content (AvgIpc) is 3.59. The number of piperazine rings is 1. The zero-order valence-corrected chi connectivity index (χ0v) is 27.7. The van der Waals surface area contributed by atoms with Crippen LogP contribution in [0.2, 0.25) is 0 Å². The highest BCUT2D eigenvalue weighted by Gasteiger charge is 2.28. The minimum Gasteiger partial charge on any atom is -0.495 e. The molecule has 2 aromatic rings. The predicted molar refractivity (Wildman–Crippen MR) is 171 cm³/mol. The topological polar surface area (TPSA) is 154 Å². The molecule has 0 spiro atoms. The van der Waals surface area contributed by atoms with Crippen LogP contribution in [0.5, 0.6) is 5.75 Å². The molecule has 1 amide bonds. The number of esters is 1. The van der Waals surface area contributed by atoms with E-state index in [9.17, 15) is 22.8 Å². The van der Waals surface area contributed by atoms with Gasteiger partial charge in [0, 0.05) is 31.6 Å². The maximum atomic E-state index is 13.2. The van der Waals surface area contributed by atoms with Gasteiger partial charge in [-0.1, -0.05) is 38.5 Å². The SMILES string of the molecule is COc1cc(C(=O)OC(=O)OCC2CCCCC2)ccc1NS(=O)(=O)c1csc(N2CCN(C(=O)OCC3CCCCC3)CC2)n1. The third-order valence-corrected chi connectivity index (χ3v) is 11.0. The fourth-order valence-corrected chi connectivity index (χ4v) is 8.26. The van der Waals surface area contributed by atoms with Crippen molar-refractivity contribution in [3.63, 3.8) is 0 Å². The lowest BCUT2D eigenvalue weighted by Crippen LogP contribution is -2.49. The molecule has 0 unspecified atom stereocenters. The molecule has 13 nitrogen and oxygen atoms in total. The Kier molecular flexibility index (Phi) is 11.6. The highest BCUT2D eigenvalue weighted by molar-refractivity contribution is 7.92. The van der Waals surface area contributed by atoms with Gasteiger partial charge < -0.3 is 28.7 Å². The Hall–Kier alpha value is -3.59. The molecule has 1 saturated heterocycles. The number of ether oxygens (including phenoxy) is 4. The predicted octanol–water partition coefficient (Wildman–Crippen LogP) is 5.67. The van der Waals surface area contributed by atoms with Gasteiger partial charge in [-0.3, -0.25) is 4.72 Å². The molecule has 1 aromatic carbocycles. The number of benzene rings is 1. The highest BCUT2D eigenvalue weighted by Crippen LogP contribution is 2.31. The van der Waals surface area contributed by atoms with Crippen LogP contribution in [-0.4, -0.2) is 83.0 Å². The summed E-state index contributed by atoms with van der Waals surface area (Å²) in [4.78, 5) is 45.1. The standard InChI is InChI=1S/C31H42N4O9S2/c1-41-26-18-24(28(36)44-31(38)43-20-23-10-6-3-7-11-23)12-13-25(26)33-46(39,40)27-21-45-29(32-27)34-14-16-35(17-15-34)30(37)42-19-22-8-4-2-5-9-22/h12-13,18,21-23,33H,2-11,14-17,19-20H2,1H3. The Morgan fingerprint density at radius 1 is 0.913 bits per heavy atom. The fraction of sp³-hybridized carbons (Fsp3) is 0.613. The largest absolute Gasteiger partial charge is 0.516 e. The van der Waals surface area contributed by atoms with Crippen LogP contribution in [0.15, 0.2) is 28.6 Å². The zero-order chi connectivity index (χ0) is 32.5. The summed E-state index contributed by atoms with van der Waals surface area (Å²) in [5.41, 5.74) is 0.0659. The monoisotopic (exact) mass is 678 g/mol. The van der Waals surface area contributed by atoms with Gasteiger partial charge in [-0.05, 0) is 55.7 Å². The maximum absolute atomic E-state index is 13.2. The molecule has 46 heavy (non-hydrogen) atoms. The number of nitrogens with one attached hydrogen (secondary N) is 1. The quantitative estimate of drug-likeness (QED) is 0.244. The molecule has 1 aromatic heterocycles. The molecule has 0 bridgehead atoms. The van der Waals surface area contributed by atoms with Crippen molar-refractivity contribution in [2.45, 2.75) is 69.2 Å². The summed E-state index contributed by atoms with van der Waals surface area (Å²) >= 11 is 1.19. The van der Waals surface area contributed by atoms with E-state index in [1.165, 1.54) is 67.7 Å². The Morgan fingerprint density at radius 3 is 2.17 bits per heavy atom. The molecular formula is C31H42N4O9S2. The van der Waals surface area contributed by atoms with Crippen molar-refractivity contribution in [2.75, 3.05) is 56.1 Å². The molecule has 3 fully saturated rings. The molecule has 1 N–H and O–H groups in total. The van der Waals surface area contributed by atoms with E-state index in [1.807, 2.05) is 4.90 Å². The van der Waals surface area contributed by atoms with Gasteiger partial charge in [-0.2, -0.15) is 8.42 Å². The van der Waals surface area contributed by atoms with Crippen molar-refractivity contribution in [2.24, 2.45) is 11.8 Å². The lowest BCUT2D eigenvalue weighted by molar-refractivity contribution is 0.0312. The van der Waals surface area contributed by atoms with Crippen molar-refractivity contribution < 1.29 is 41.7 Å². The van der Waals surface area contributed by atoms with Crippen LogP contribution in [0.25, 0.3) is 0 Å². The number of anilines is 2. The summed E-state index contributed by atoms with van der Waals surface area (Å²) in [6.45, 7) is 2.57. The van der Waals surface area contributed by atoms with E-state index in [2.05, 4.69) is 9.71 Å². The van der Waals surface area contributed by atoms with E-state index >= 15 is 0 Å². The van der Waals surface area contributed by atoms with Crippen molar-refractivity contribution in [1.29, 1.82) is 0 Å². The number of methoxy groups -OCH3 is 1. The number of thiazole rings is 1. The smallest absolute Gasteiger partial charge is 0.495 e. The molecule has 1 aliphatic heterocycles. The van der Waals surface area contributed by atoms with E-state index in [0.29, 0.717) is 43.8 Å². The van der Waals surface area contributed by atoms with Crippen LogP contribution in [0.1, 0.15) is 74.6 Å². The molecule has 2 saturated carbocycles. The summed E-state index contributed by atoms with van der Waals surface area (Å²) in [7, 11) is -2.78. The fourth-order valence-electron chi connectivity index (χ4n) is 6.04. The van der Waals surface area contributed by atoms with E-state index in [0.717, 1.165) is 38.5 Å². The summed E-state index contributed by atoms with van der Waals surface area (Å²) in [6.07, 6.45) is 9.80. The van der Waals surface area contributed by atoms with Crippen molar-refractivity contribution in [1.82, 2.24) is 9.88 Å². The number of nitrogens with zero attached hydrogens (tertiary/aromatic N) is 3. The molecular weight excluding hydrogens is 636 g/mol. The van der Waals surface area contributed by atoms with Crippen LogP contribution in [0, 0.1) is 11.8 Å². The third-order valence-electron chi connectivity index (χ3n) is 8.74. The third kappa shape index (κ3) is 9.02. The van der Waals surface area contributed by atoms with Crippen LogP contribution in [0.3, 0.4) is 0 Å². The van der Waals surface area contributed by atoms with Crippen molar-refractivity contribution >= 4 is 50.4 Å². The molecule has 5 rings (SSSR count). The maximum Gasteiger partial charge on any atom is 0.516 e. The number of carbonyl (C=O) groups is 3. The molecule has 252 valence electrons. The first-order chi connectivity index (χ1) is 22.2. The number of amides is 1. The van der Waals surface area contributed by atoms with Gasteiger partial charge >= 0.3 is 18.2 Å². The zero-order valence-electron chi connectivity index (χ0n) is 26.1. The first kappa shape index (κ1) is 33.8. The van der Waals surface area contributed by atoms with Crippen LogP contribution < -0.4 is 14.4 Å². The molecule has 0 radical (unpaired) electrons. The Balaban J connectivity index is 1.12. The average molecular weight is 679 g/mol. The summed E-state index contributed by atoms with van der Waals surface area (Å²) in [5.74, 6) is -0.170. The van der Waals surface area contributed by atoms with E-state index in [1.54, 1.807) is 4.90 Å². The highest BCUT2D eigenvalue weighted by atomic mass is 32.2. The second-order valence-corrected chi connectivity index (χ2v) is 14.5. The molecule has 2 heterocycles. The first-order valence-electron chi connectivity index (χ1n) is 15.9. The second-order valence-electron chi connectivity index (χ2n) is 12.0. The molecule has 3 aliphatic rings. The van der Waals surface area contributed by atoms with E-state index in [-0.39, 0.29) is 40.6 Å². The summed E-state index contributed by atoms with van der Waals surface area (Å²) in [6, 6.07) is 3.95. The number of hydrogen-bond donors (Lipinski definition) is 1. The van der Waals surface area contributed by atoms with Gasteiger partial charge in [0.1, 0.15) is 5.75 Å². The molecule has 2 aliphatic carbocycles. The van der Waals surface area contributed by atoms with Gasteiger partial charge in [-0.25, -0.2) is 19.4 Å². The summed E-state index contributed by atoms with van der Waals surface area (Å²) < 4.78 is 49.7. The number of rotatable bonds is 10. The molecule has 0 atom stereocenters. The van der Waals surface area contributed by atoms with Gasteiger partial charge in [0.2, 0.25) is 0 Å². The van der Waals surface area contributed by atoms with Crippen LogP contribution in [0.4, 0.5) is 20.4 Å². The molecule has 15 heteroatoms. The second kappa shape index (κ2) is 15.8. The van der Waals surface area contributed by atoms with Crippen molar-refractivity contribution in [3.8, 4) is 5.75 Å². The Labute approximate surface area is 273 Å². The Bertz CT molecular complexity index is 1460. The number of hydrogen-bond acceptors (Lipinski definition) is 12. The number of carbonyl (C=O) groups excluding carboxylic acids is 3. The van der Waals surface area contributed by atoms with Crippen LogP contribution in [-0.2, 0) is 24.2 Å². The lowest BCUT2D eigenvalue weighted by atomic mass is 9.90. The number of aromatic nitrogens is 1. The minimum absolute atomic E-state index is 0.0117. The summed E-state index contributed by atoms with van der Waals surface area (Å²) in [5, 5.41) is 1.80. The van der Waals surface area contributed by atoms with E-state index < -0.39 is 22.1 Å². The van der Waals surface area contributed by atoms with Crippen molar-refractivity contribution in [3.05, 3.63) is 29.1 Å². The first-order valence-corrected chi connectivity index (χ1v) is 18.3.